The Morgan fingerprint density at radius 1 is 1.44 bits per heavy atom. The molecule has 0 saturated carbocycles. The van der Waals surface area contributed by atoms with Crippen LogP contribution in [0.25, 0.3) is 11.3 Å². The van der Waals surface area contributed by atoms with Gasteiger partial charge in [0.05, 0.1) is 24.0 Å². The van der Waals surface area contributed by atoms with Crippen LogP contribution in [0.15, 0.2) is 36.0 Å². The molecule has 1 N–H and O–H groups in total. The minimum absolute atomic E-state index is 0.0955. The fourth-order valence-corrected chi connectivity index (χ4v) is 3.27. The van der Waals surface area contributed by atoms with E-state index >= 15 is 0 Å². The molecule has 0 atom stereocenters. The van der Waals surface area contributed by atoms with Gasteiger partial charge in [-0.2, -0.15) is 5.10 Å². The van der Waals surface area contributed by atoms with Gasteiger partial charge in [-0.1, -0.05) is 11.6 Å². The number of methoxy groups -OCH3 is 1. The van der Waals surface area contributed by atoms with Crippen molar-refractivity contribution < 1.29 is 9.53 Å². The average molecular weight is 377 g/mol. The van der Waals surface area contributed by atoms with Crippen molar-refractivity contribution in [3.05, 3.63) is 46.6 Å². The van der Waals surface area contributed by atoms with Gasteiger partial charge in [-0.25, -0.2) is 4.98 Å². The molecule has 25 heavy (non-hydrogen) atoms. The summed E-state index contributed by atoms with van der Waals surface area (Å²) in [6.45, 7) is 2.50. The van der Waals surface area contributed by atoms with Crippen molar-refractivity contribution in [3.8, 4) is 17.0 Å². The van der Waals surface area contributed by atoms with Crippen LogP contribution in [0.1, 0.15) is 12.0 Å². The predicted molar refractivity (Wildman–Crippen MR) is 99.3 cm³/mol. The van der Waals surface area contributed by atoms with Gasteiger partial charge in [0, 0.05) is 30.1 Å². The summed E-state index contributed by atoms with van der Waals surface area (Å²) < 4.78 is 6.90. The highest BCUT2D eigenvalue weighted by atomic mass is 35.5. The molecular formula is C17H17ClN4O2S. The minimum atomic E-state index is -0.0955. The second-order valence-corrected chi connectivity index (χ2v) is 6.73. The lowest BCUT2D eigenvalue weighted by atomic mass is 10.2. The van der Waals surface area contributed by atoms with Gasteiger partial charge in [0.25, 0.3) is 0 Å². The number of carbonyl (C=O) groups is 1. The number of rotatable bonds is 6. The van der Waals surface area contributed by atoms with E-state index in [1.165, 1.54) is 11.3 Å². The number of hydrogen-bond acceptors (Lipinski definition) is 5. The highest BCUT2D eigenvalue weighted by Gasteiger charge is 2.10. The number of nitrogens with one attached hydrogen (secondary N) is 1. The van der Waals surface area contributed by atoms with Crippen LogP contribution in [0.5, 0.6) is 5.75 Å². The zero-order valence-corrected chi connectivity index (χ0v) is 15.4. The first-order valence-corrected chi connectivity index (χ1v) is 8.89. The average Bonchev–Trinajstić information content (AvgIpc) is 3.22. The van der Waals surface area contributed by atoms with Crippen LogP contribution in [-0.4, -0.2) is 27.8 Å². The second kappa shape index (κ2) is 7.67. The molecule has 2 heterocycles. The van der Waals surface area contributed by atoms with E-state index in [-0.39, 0.29) is 5.91 Å². The number of ether oxygens (including phenoxy) is 1. The maximum absolute atomic E-state index is 12.1. The molecule has 6 nitrogen and oxygen atoms in total. The Bertz CT molecular complexity index is 890. The highest BCUT2D eigenvalue weighted by molar-refractivity contribution is 7.14. The zero-order chi connectivity index (χ0) is 17.8. The van der Waals surface area contributed by atoms with E-state index in [0.29, 0.717) is 28.9 Å². The van der Waals surface area contributed by atoms with Crippen LogP contribution >= 0.6 is 22.9 Å². The molecule has 2 aromatic heterocycles. The van der Waals surface area contributed by atoms with E-state index in [1.54, 1.807) is 30.1 Å². The van der Waals surface area contributed by atoms with Gasteiger partial charge in [-0.3, -0.25) is 9.48 Å². The summed E-state index contributed by atoms with van der Waals surface area (Å²) in [6.07, 6.45) is 4.01. The molecule has 0 bridgehead atoms. The highest BCUT2D eigenvalue weighted by Crippen LogP contribution is 2.31. The van der Waals surface area contributed by atoms with E-state index in [2.05, 4.69) is 15.4 Å². The molecule has 130 valence electrons. The maximum atomic E-state index is 12.1. The van der Waals surface area contributed by atoms with Gasteiger partial charge in [-0.05, 0) is 30.7 Å². The number of nitrogens with zero attached hydrogens (tertiary/aromatic N) is 3. The van der Waals surface area contributed by atoms with E-state index < -0.39 is 0 Å². The standard InChI is InChI=1S/C17H17ClN4O2S/c1-11-8-19-22(9-11)6-5-16(23)21-17-20-14(10-25-17)12-3-4-15(24-2)13(18)7-12/h3-4,7-10H,5-6H2,1-2H3,(H,20,21,23). The molecular weight excluding hydrogens is 360 g/mol. The molecule has 0 unspecified atom stereocenters. The fourth-order valence-electron chi connectivity index (χ4n) is 2.28. The number of benzene rings is 1. The number of halogens is 1. The Hall–Kier alpha value is -2.38. The molecule has 3 rings (SSSR count). The smallest absolute Gasteiger partial charge is 0.228 e. The molecule has 0 fully saturated rings. The van der Waals surface area contributed by atoms with Crippen molar-refractivity contribution in [2.45, 2.75) is 19.9 Å². The molecule has 0 spiro atoms. The van der Waals surface area contributed by atoms with Crippen molar-refractivity contribution in [2.24, 2.45) is 0 Å². The summed E-state index contributed by atoms with van der Waals surface area (Å²) in [5.74, 6) is 0.518. The lowest BCUT2D eigenvalue weighted by molar-refractivity contribution is -0.116. The number of aromatic nitrogens is 3. The minimum Gasteiger partial charge on any atom is -0.495 e. The number of anilines is 1. The topological polar surface area (TPSA) is 69.0 Å². The second-order valence-electron chi connectivity index (χ2n) is 5.47. The number of carbonyl (C=O) groups excluding carboxylic acids is 1. The van der Waals surface area contributed by atoms with Crippen LogP contribution in [-0.2, 0) is 11.3 Å². The summed E-state index contributed by atoms with van der Waals surface area (Å²) in [6, 6.07) is 5.47. The molecule has 0 aliphatic rings. The Balaban J connectivity index is 1.61. The third-order valence-electron chi connectivity index (χ3n) is 3.53. The van der Waals surface area contributed by atoms with Gasteiger partial charge in [0.15, 0.2) is 5.13 Å². The lowest BCUT2D eigenvalue weighted by Crippen LogP contribution is -2.14. The van der Waals surface area contributed by atoms with Crippen LogP contribution in [0.3, 0.4) is 0 Å². The number of hydrogen-bond donors (Lipinski definition) is 1. The SMILES string of the molecule is COc1ccc(-c2csc(NC(=O)CCn3cc(C)cn3)n2)cc1Cl. The van der Waals surface area contributed by atoms with Gasteiger partial charge in [-0.15, -0.1) is 11.3 Å². The first-order valence-electron chi connectivity index (χ1n) is 7.63. The fraction of sp³-hybridized carbons (Fsp3) is 0.235. The summed E-state index contributed by atoms with van der Waals surface area (Å²) in [5, 5.41) is 9.94. The van der Waals surface area contributed by atoms with Crippen molar-refractivity contribution in [1.82, 2.24) is 14.8 Å². The van der Waals surface area contributed by atoms with Gasteiger partial charge < -0.3 is 10.1 Å². The Morgan fingerprint density at radius 3 is 2.96 bits per heavy atom. The van der Waals surface area contributed by atoms with E-state index in [1.807, 2.05) is 24.6 Å². The van der Waals surface area contributed by atoms with Crippen molar-refractivity contribution in [3.63, 3.8) is 0 Å². The number of aryl methyl sites for hydroxylation is 2. The number of amides is 1. The lowest BCUT2D eigenvalue weighted by Gasteiger charge is -2.04. The summed E-state index contributed by atoms with van der Waals surface area (Å²) in [5.41, 5.74) is 2.70. The monoisotopic (exact) mass is 376 g/mol. The van der Waals surface area contributed by atoms with Crippen molar-refractivity contribution in [1.29, 1.82) is 0 Å². The molecule has 0 aliphatic carbocycles. The Kier molecular flexibility index (Phi) is 5.35. The van der Waals surface area contributed by atoms with E-state index in [0.717, 1.165) is 16.8 Å². The zero-order valence-electron chi connectivity index (χ0n) is 13.8. The predicted octanol–water partition coefficient (Wildman–Crippen LogP) is 4.01. The van der Waals surface area contributed by atoms with Gasteiger partial charge in [0.2, 0.25) is 5.91 Å². The van der Waals surface area contributed by atoms with E-state index in [4.69, 9.17) is 16.3 Å². The van der Waals surface area contributed by atoms with Gasteiger partial charge in [0.1, 0.15) is 5.75 Å². The largest absolute Gasteiger partial charge is 0.495 e. The van der Waals surface area contributed by atoms with Crippen LogP contribution in [0.2, 0.25) is 5.02 Å². The molecule has 0 radical (unpaired) electrons. The number of thiazole rings is 1. The van der Waals surface area contributed by atoms with Crippen LogP contribution in [0, 0.1) is 6.92 Å². The summed E-state index contributed by atoms with van der Waals surface area (Å²) in [7, 11) is 1.57. The van der Waals surface area contributed by atoms with Crippen molar-refractivity contribution >= 4 is 34.0 Å². The molecule has 8 heteroatoms. The van der Waals surface area contributed by atoms with Gasteiger partial charge >= 0.3 is 0 Å². The maximum Gasteiger partial charge on any atom is 0.228 e. The van der Waals surface area contributed by atoms with Crippen molar-refractivity contribution in [2.75, 3.05) is 12.4 Å². The molecule has 0 aliphatic heterocycles. The van der Waals surface area contributed by atoms with E-state index in [9.17, 15) is 4.79 Å². The molecule has 0 saturated heterocycles. The normalized spacial score (nSPS) is 10.7. The van der Waals surface area contributed by atoms with Crippen LogP contribution in [0.4, 0.5) is 5.13 Å². The molecule has 3 aromatic rings. The molecule has 1 aromatic carbocycles. The third-order valence-corrected chi connectivity index (χ3v) is 4.58. The summed E-state index contributed by atoms with van der Waals surface area (Å²) in [4.78, 5) is 16.5. The third kappa shape index (κ3) is 4.37. The Morgan fingerprint density at radius 2 is 2.28 bits per heavy atom. The van der Waals surface area contributed by atoms with Crippen LogP contribution < -0.4 is 10.1 Å². The first-order chi connectivity index (χ1) is 12.0. The first kappa shape index (κ1) is 17.4. The quantitative estimate of drug-likeness (QED) is 0.705. The molecule has 1 amide bonds. The Labute approximate surface area is 154 Å². The summed E-state index contributed by atoms with van der Waals surface area (Å²) >= 11 is 7.52.